The van der Waals surface area contributed by atoms with Crippen molar-refractivity contribution in [2.24, 2.45) is 10.7 Å². The van der Waals surface area contributed by atoms with E-state index in [9.17, 15) is 0 Å². The topological polar surface area (TPSA) is 73.6 Å². The molecule has 0 spiro atoms. The van der Waals surface area contributed by atoms with Crippen LogP contribution in [0.3, 0.4) is 0 Å². The molecule has 0 unspecified atom stereocenters. The molecule has 15 heavy (non-hydrogen) atoms. The Morgan fingerprint density at radius 2 is 2.20 bits per heavy atom. The van der Waals surface area contributed by atoms with Gasteiger partial charge in [-0.1, -0.05) is 0 Å². The van der Waals surface area contributed by atoms with Crippen molar-refractivity contribution in [3.63, 3.8) is 0 Å². The number of benzene rings is 1. The van der Waals surface area contributed by atoms with Gasteiger partial charge in [0, 0.05) is 42.4 Å². The number of hydrogen-bond donors (Lipinski definition) is 2. The van der Waals surface area contributed by atoms with Crippen molar-refractivity contribution in [1.29, 1.82) is 0 Å². The first-order valence-electron chi connectivity index (χ1n) is 4.51. The van der Waals surface area contributed by atoms with Gasteiger partial charge >= 0.3 is 0 Å². The second-order valence-corrected chi connectivity index (χ2v) is 2.97. The zero-order chi connectivity index (χ0) is 11.3. The zero-order valence-corrected chi connectivity index (χ0v) is 8.90. The lowest BCUT2D eigenvalue weighted by Crippen LogP contribution is -1.97. The minimum atomic E-state index is 0.653. The largest absolute Gasteiger partial charge is 0.496 e. The molecular weight excluding hydrogens is 190 g/mol. The minimum absolute atomic E-state index is 0.653. The second kappa shape index (κ2) is 5.05. The highest BCUT2D eigenvalue weighted by atomic mass is 16.5. The number of nitrogens with zero attached hydrogens (tertiary/aromatic N) is 1. The zero-order valence-electron chi connectivity index (χ0n) is 8.90. The Labute approximate surface area is 89.3 Å². The maximum absolute atomic E-state index is 5.65. The summed E-state index contributed by atoms with van der Waals surface area (Å²) in [5, 5.41) is 0. The van der Waals surface area contributed by atoms with Crippen LogP contribution in [0.5, 0.6) is 5.75 Å². The highest BCUT2D eigenvalue weighted by Gasteiger charge is 2.06. The van der Waals surface area contributed by atoms with Gasteiger partial charge in [0.25, 0.3) is 0 Å². The van der Waals surface area contributed by atoms with Crippen LogP contribution in [0.4, 0.5) is 5.69 Å². The molecule has 1 aromatic rings. The molecular formula is C11H15N3O. The molecule has 0 amide bonds. The summed E-state index contributed by atoms with van der Waals surface area (Å²) in [5.41, 5.74) is 13.5. The quantitative estimate of drug-likeness (QED) is 0.576. The second-order valence-electron chi connectivity index (χ2n) is 2.97. The smallest absolute Gasteiger partial charge is 0.128 e. The first-order chi connectivity index (χ1) is 7.22. The van der Waals surface area contributed by atoms with Crippen LogP contribution in [0.2, 0.25) is 0 Å². The van der Waals surface area contributed by atoms with Gasteiger partial charge in [-0.05, 0) is 12.1 Å². The number of allylic oxidation sites excluding steroid dienone is 1. The minimum Gasteiger partial charge on any atom is -0.496 e. The van der Waals surface area contributed by atoms with Crippen LogP contribution < -0.4 is 16.2 Å². The summed E-state index contributed by atoms with van der Waals surface area (Å²) in [5.74, 6) is 0.687. The lowest BCUT2D eigenvalue weighted by molar-refractivity contribution is 0.414. The van der Waals surface area contributed by atoms with E-state index in [0.29, 0.717) is 11.4 Å². The summed E-state index contributed by atoms with van der Waals surface area (Å²) in [6.45, 7) is 0. The van der Waals surface area contributed by atoms with E-state index in [0.717, 1.165) is 11.1 Å². The van der Waals surface area contributed by atoms with E-state index < -0.39 is 0 Å². The molecule has 0 radical (unpaired) electrons. The number of aliphatic imine (C=N–C) groups is 1. The van der Waals surface area contributed by atoms with Crippen LogP contribution >= 0.6 is 0 Å². The van der Waals surface area contributed by atoms with Crippen LogP contribution in [0.15, 0.2) is 29.4 Å². The van der Waals surface area contributed by atoms with E-state index in [-0.39, 0.29) is 0 Å². The summed E-state index contributed by atoms with van der Waals surface area (Å²) in [6.07, 6.45) is 3.16. The highest BCUT2D eigenvalue weighted by Crippen LogP contribution is 2.26. The number of anilines is 1. The molecule has 0 atom stereocenters. The molecule has 4 N–H and O–H groups in total. The molecule has 0 bridgehead atoms. The van der Waals surface area contributed by atoms with Crippen molar-refractivity contribution in [2.45, 2.75) is 0 Å². The van der Waals surface area contributed by atoms with Crippen molar-refractivity contribution in [3.8, 4) is 5.75 Å². The monoisotopic (exact) mass is 205 g/mol. The van der Waals surface area contributed by atoms with Gasteiger partial charge in [0.2, 0.25) is 0 Å². The molecule has 1 rings (SSSR count). The van der Waals surface area contributed by atoms with Gasteiger partial charge in [-0.25, -0.2) is 0 Å². The van der Waals surface area contributed by atoms with Crippen molar-refractivity contribution in [2.75, 3.05) is 19.9 Å². The molecule has 4 heteroatoms. The van der Waals surface area contributed by atoms with Crippen molar-refractivity contribution < 1.29 is 4.74 Å². The number of hydrogen-bond acceptors (Lipinski definition) is 4. The fourth-order valence-corrected chi connectivity index (χ4v) is 1.29. The van der Waals surface area contributed by atoms with Crippen molar-refractivity contribution in [1.82, 2.24) is 0 Å². The van der Waals surface area contributed by atoms with Gasteiger partial charge in [-0.15, -0.1) is 0 Å². The molecule has 80 valence electrons. The molecule has 0 aliphatic carbocycles. The molecule has 1 aromatic carbocycles. The highest BCUT2D eigenvalue weighted by molar-refractivity contribution is 6.10. The normalized spacial score (nSPS) is 12.0. The number of rotatable bonds is 3. The molecule has 4 nitrogen and oxygen atoms in total. The number of ether oxygens (including phenoxy) is 1. The summed E-state index contributed by atoms with van der Waals surface area (Å²) in [4.78, 5) is 3.92. The van der Waals surface area contributed by atoms with Crippen LogP contribution in [-0.4, -0.2) is 20.4 Å². The molecule has 0 aromatic heterocycles. The average molecular weight is 205 g/mol. The molecule has 0 heterocycles. The van der Waals surface area contributed by atoms with E-state index in [4.69, 9.17) is 16.2 Å². The Kier molecular flexibility index (Phi) is 3.74. The van der Waals surface area contributed by atoms with Crippen LogP contribution in [0, 0.1) is 0 Å². The van der Waals surface area contributed by atoms with E-state index >= 15 is 0 Å². The third-order valence-electron chi connectivity index (χ3n) is 1.98. The molecule has 0 aliphatic heterocycles. The predicted octanol–water partition coefficient (Wildman–Crippen LogP) is 1.28. The first kappa shape index (κ1) is 11.1. The molecule has 0 saturated carbocycles. The number of nitrogens with two attached hydrogens (primary N) is 2. The Balaban J connectivity index is 3.23. The maximum atomic E-state index is 5.65. The van der Waals surface area contributed by atoms with Gasteiger partial charge in [-0.3, -0.25) is 4.99 Å². The Bertz CT molecular complexity index is 397. The Hall–Kier alpha value is -1.97. The fourth-order valence-electron chi connectivity index (χ4n) is 1.29. The molecule has 0 fully saturated rings. The van der Waals surface area contributed by atoms with Gasteiger partial charge in [-0.2, -0.15) is 0 Å². The Morgan fingerprint density at radius 1 is 1.47 bits per heavy atom. The average Bonchev–Trinajstić information content (AvgIpc) is 2.26. The predicted molar refractivity (Wildman–Crippen MR) is 64.0 cm³/mol. The summed E-state index contributed by atoms with van der Waals surface area (Å²) >= 11 is 0. The lowest BCUT2D eigenvalue weighted by Gasteiger charge is -2.09. The first-order valence-corrected chi connectivity index (χ1v) is 4.51. The fraction of sp³-hybridized carbons (Fsp3) is 0.182. The SMILES string of the molecule is CN=C/C(=C\N)c1ccc(N)cc1OC. The van der Waals surface area contributed by atoms with Gasteiger partial charge in [0.05, 0.1) is 7.11 Å². The molecule has 0 saturated heterocycles. The third-order valence-corrected chi connectivity index (χ3v) is 1.98. The van der Waals surface area contributed by atoms with Crippen molar-refractivity contribution >= 4 is 17.5 Å². The standard InChI is InChI=1S/C11H15N3O/c1-14-7-8(6-12)10-4-3-9(13)5-11(10)15-2/h3-7H,12-13H2,1-2H3/b8-6+,14-7?. The van der Waals surface area contributed by atoms with Crippen LogP contribution in [0.1, 0.15) is 5.56 Å². The number of nitrogen functional groups attached to an aromatic ring is 1. The lowest BCUT2D eigenvalue weighted by atomic mass is 10.1. The summed E-state index contributed by atoms with van der Waals surface area (Å²) < 4.78 is 5.22. The van der Waals surface area contributed by atoms with E-state index in [2.05, 4.69) is 4.99 Å². The Morgan fingerprint density at radius 3 is 2.73 bits per heavy atom. The summed E-state index contributed by atoms with van der Waals surface area (Å²) in [6, 6.07) is 5.40. The van der Waals surface area contributed by atoms with Crippen molar-refractivity contribution in [3.05, 3.63) is 30.0 Å². The summed E-state index contributed by atoms with van der Waals surface area (Å²) in [7, 11) is 3.28. The van der Waals surface area contributed by atoms with Gasteiger partial charge in [0.1, 0.15) is 5.75 Å². The maximum Gasteiger partial charge on any atom is 0.128 e. The van der Waals surface area contributed by atoms with E-state index in [1.165, 1.54) is 6.20 Å². The van der Waals surface area contributed by atoms with Gasteiger partial charge in [0.15, 0.2) is 0 Å². The molecule has 0 aliphatic rings. The van der Waals surface area contributed by atoms with E-state index in [1.54, 1.807) is 32.5 Å². The van der Waals surface area contributed by atoms with Crippen LogP contribution in [-0.2, 0) is 0 Å². The third kappa shape index (κ3) is 2.49. The van der Waals surface area contributed by atoms with E-state index in [1.807, 2.05) is 6.07 Å². The van der Waals surface area contributed by atoms with Crippen LogP contribution in [0.25, 0.3) is 5.57 Å². The number of methoxy groups -OCH3 is 1. The van der Waals surface area contributed by atoms with Gasteiger partial charge < -0.3 is 16.2 Å².